The van der Waals surface area contributed by atoms with Crippen molar-refractivity contribution in [2.45, 2.75) is 30.1 Å². The second kappa shape index (κ2) is 12.4. The van der Waals surface area contributed by atoms with Crippen LogP contribution in [0.3, 0.4) is 0 Å². The van der Waals surface area contributed by atoms with Gasteiger partial charge in [0, 0.05) is 13.0 Å². The van der Waals surface area contributed by atoms with E-state index in [-0.39, 0.29) is 30.0 Å². The Kier molecular flexibility index (Phi) is 8.63. The van der Waals surface area contributed by atoms with Gasteiger partial charge in [-0.05, 0) is 64.7 Å². The summed E-state index contributed by atoms with van der Waals surface area (Å²) in [6.45, 7) is -0.207. The first-order valence-electron chi connectivity index (χ1n) is 13.4. The van der Waals surface area contributed by atoms with Crippen LogP contribution in [0.25, 0.3) is 11.1 Å². The minimum absolute atomic E-state index is 0.0701. The van der Waals surface area contributed by atoms with E-state index >= 15 is 0 Å². The molecule has 4 aromatic rings. The van der Waals surface area contributed by atoms with E-state index in [0.29, 0.717) is 28.1 Å². The number of hydrogen-bond donors (Lipinski definition) is 1. The molecule has 1 amide bonds. The summed E-state index contributed by atoms with van der Waals surface area (Å²) in [5.41, 5.74) is 1.59. The molecule has 1 N–H and O–H groups in total. The number of alkyl halides is 3. The fourth-order valence-electron chi connectivity index (χ4n) is 4.92. The van der Waals surface area contributed by atoms with Crippen molar-refractivity contribution in [2.75, 3.05) is 18.0 Å². The molecule has 0 aliphatic carbocycles. The predicted octanol–water partition coefficient (Wildman–Crippen LogP) is 5.36. The van der Waals surface area contributed by atoms with Gasteiger partial charge in [0.1, 0.15) is 11.8 Å². The molecule has 1 heterocycles. The zero-order chi connectivity index (χ0) is 31.5. The number of benzene rings is 4. The van der Waals surface area contributed by atoms with Crippen LogP contribution in [0.15, 0.2) is 102 Å². The average molecular weight is 625 g/mol. The van der Waals surface area contributed by atoms with Crippen molar-refractivity contribution in [1.29, 1.82) is 0 Å². The number of esters is 1. The number of carbonyl (C=O) groups excluding carboxylic acids is 2. The summed E-state index contributed by atoms with van der Waals surface area (Å²) in [6, 6.07) is 22.8. The third-order valence-corrected chi connectivity index (χ3v) is 8.95. The minimum Gasteiger partial charge on any atom is -0.482 e. The van der Waals surface area contributed by atoms with E-state index in [4.69, 9.17) is 4.74 Å². The maximum atomic E-state index is 14.0. The van der Waals surface area contributed by atoms with Gasteiger partial charge in [0.25, 0.3) is 10.0 Å². The molecule has 0 unspecified atom stereocenters. The lowest BCUT2D eigenvalue weighted by Gasteiger charge is -2.26. The van der Waals surface area contributed by atoms with E-state index in [1.165, 1.54) is 43.5 Å². The summed E-state index contributed by atoms with van der Waals surface area (Å²) < 4.78 is 78.6. The molecule has 228 valence electrons. The molecule has 1 aliphatic heterocycles. The molecule has 4 aromatic carbocycles. The van der Waals surface area contributed by atoms with Gasteiger partial charge >= 0.3 is 12.1 Å². The molecule has 0 fully saturated rings. The number of sulfonamides is 1. The van der Waals surface area contributed by atoms with Crippen LogP contribution in [0.2, 0.25) is 0 Å². The summed E-state index contributed by atoms with van der Waals surface area (Å²) in [7, 11) is -3.01. The number of fused-ring (bicyclic) bond motifs is 1. The van der Waals surface area contributed by atoms with Gasteiger partial charge in [-0.25, -0.2) is 13.2 Å². The van der Waals surface area contributed by atoms with Crippen molar-refractivity contribution >= 4 is 27.6 Å². The molecule has 1 atom stereocenters. The fourth-order valence-corrected chi connectivity index (χ4v) is 6.56. The first kappa shape index (κ1) is 30.6. The fraction of sp³-hybridized carbons (Fsp3) is 0.188. The molecular formula is C32H27F3N2O6S. The van der Waals surface area contributed by atoms with Gasteiger partial charge in [0.05, 0.1) is 23.3 Å². The van der Waals surface area contributed by atoms with E-state index in [0.717, 1.165) is 16.4 Å². The summed E-state index contributed by atoms with van der Waals surface area (Å²) in [5.74, 6) is -0.671. The third kappa shape index (κ3) is 6.55. The van der Waals surface area contributed by atoms with Crippen LogP contribution in [0.5, 0.6) is 5.75 Å². The molecule has 0 saturated heterocycles. The number of nitrogens with zero attached hydrogens (tertiary/aromatic N) is 1. The zero-order valence-corrected chi connectivity index (χ0v) is 24.2. The molecule has 12 heteroatoms. The predicted molar refractivity (Wildman–Crippen MR) is 156 cm³/mol. The van der Waals surface area contributed by atoms with E-state index in [2.05, 4.69) is 10.1 Å². The summed E-state index contributed by atoms with van der Waals surface area (Å²) >= 11 is 0. The molecule has 0 spiro atoms. The van der Waals surface area contributed by atoms with Crippen LogP contribution in [-0.2, 0) is 43.5 Å². The summed E-state index contributed by atoms with van der Waals surface area (Å²) in [5, 5.41) is 2.80. The lowest BCUT2D eigenvalue weighted by molar-refractivity contribution is -0.143. The summed E-state index contributed by atoms with van der Waals surface area (Å²) in [4.78, 5) is 24.7. The highest BCUT2D eigenvalue weighted by molar-refractivity contribution is 7.93. The largest absolute Gasteiger partial charge is 0.482 e. The maximum absolute atomic E-state index is 14.0. The number of rotatable bonds is 9. The molecule has 0 aromatic heterocycles. The van der Waals surface area contributed by atoms with Crippen molar-refractivity contribution in [3.05, 3.63) is 114 Å². The Hall–Kier alpha value is -4.84. The van der Waals surface area contributed by atoms with Gasteiger partial charge in [-0.1, -0.05) is 54.6 Å². The number of carbonyl (C=O) groups is 2. The third-order valence-electron chi connectivity index (χ3n) is 7.11. The van der Waals surface area contributed by atoms with Crippen LogP contribution < -0.4 is 14.4 Å². The Bertz CT molecular complexity index is 1790. The number of methoxy groups -OCH3 is 1. The lowest BCUT2D eigenvalue weighted by atomic mass is 10.0. The Labute approximate surface area is 252 Å². The smallest absolute Gasteiger partial charge is 0.416 e. The van der Waals surface area contributed by atoms with Gasteiger partial charge in [-0.15, -0.1) is 0 Å². The molecule has 44 heavy (non-hydrogen) atoms. The number of nitrogens with one attached hydrogen (secondary N) is 1. The Morgan fingerprint density at radius 2 is 1.64 bits per heavy atom. The van der Waals surface area contributed by atoms with Gasteiger partial charge in [-0.2, -0.15) is 13.2 Å². The average Bonchev–Trinajstić information content (AvgIpc) is 3.43. The molecule has 5 rings (SSSR count). The van der Waals surface area contributed by atoms with E-state index in [1.807, 2.05) is 0 Å². The van der Waals surface area contributed by atoms with Gasteiger partial charge in [-0.3, -0.25) is 9.10 Å². The van der Waals surface area contributed by atoms with Crippen molar-refractivity contribution in [2.24, 2.45) is 0 Å². The lowest BCUT2D eigenvalue weighted by Crippen LogP contribution is -2.47. The second-order valence-electron chi connectivity index (χ2n) is 9.98. The second-order valence-corrected chi connectivity index (χ2v) is 11.8. The molecule has 8 nitrogen and oxygen atoms in total. The van der Waals surface area contributed by atoms with E-state index < -0.39 is 39.7 Å². The van der Waals surface area contributed by atoms with Crippen molar-refractivity contribution in [1.82, 2.24) is 5.32 Å². The Morgan fingerprint density at radius 1 is 0.909 bits per heavy atom. The molecule has 0 radical (unpaired) electrons. The zero-order valence-electron chi connectivity index (χ0n) is 23.4. The highest BCUT2D eigenvalue weighted by Gasteiger charge is 2.42. The molecule has 1 aliphatic rings. The minimum atomic E-state index is -4.51. The Balaban J connectivity index is 1.36. The van der Waals surface area contributed by atoms with Crippen molar-refractivity contribution in [3.8, 4) is 16.9 Å². The quantitative estimate of drug-likeness (QED) is 0.252. The molecular weight excluding hydrogens is 597 g/mol. The number of hydrogen-bond acceptors (Lipinski definition) is 6. The number of ether oxygens (including phenoxy) is 2. The number of anilines is 1. The van der Waals surface area contributed by atoms with Crippen LogP contribution in [0.4, 0.5) is 18.9 Å². The van der Waals surface area contributed by atoms with Crippen LogP contribution >= 0.6 is 0 Å². The van der Waals surface area contributed by atoms with Crippen LogP contribution in [0.1, 0.15) is 16.7 Å². The van der Waals surface area contributed by atoms with Crippen molar-refractivity contribution < 1.29 is 40.7 Å². The normalized spacial score (nSPS) is 14.5. The molecule has 0 bridgehead atoms. The highest BCUT2D eigenvalue weighted by Crippen LogP contribution is 2.38. The molecule has 0 saturated carbocycles. The first-order chi connectivity index (χ1) is 21.0. The number of amides is 1. The Morgan fingerprint density at radius 3 is 2.36 bits per heavy atom. The number of para-hydroxylation sites is 1. The monoisotopic (exact) mass is 624 g/mol. The summed E-state index contributed by atoms with van der Waals surface area (Å²) in [6.07, 6.45) is -4.37. The maximum Gasteiger partial charge on any atom is 0.416 e. The van der Waals surface area contributed by atoms with Gasteiger partial charge in [0.2, 0.25) is 5.91 Å². The van der Waals surface area contributed by atoms with Gasteiger partial charge in [0.15, 0.2) is 6.61 Å². The van der Waals surface area contributed by atoms with Crippen molar-refractivity contribution in [3.63, 3.8) is 0 Å². The number of halogens is 3. The topological polar surface area (TPSA) is 102 Å². The van der Waals surface area contributed by atoms with E-state index in [9.17, 15) is 31.2 Å². The van der Waals surface area contributed by atoms with Crippen LogP contribution in [-0.4, -0.2) is 40.1 Å². The van der Waals surface area contributed by atoms with E-state index in [1.54, 1.807) is 48.5 Å². The van der Waals surface area contributed by atoms with Crippen LogP contribution in [0, 0.1) is 0 Å². The first-order valence-corrected chi connectivity index (χ1v) is 14.9. The van der Waals surface area contributed by atoms with Gasteiger partial charge < -0.3 is 14.8 Å². The SMILES string of the molecule is COC(=O)COc1cccc(CNC(=O)[C@@H]2Cc3ccccc3N2S(=O)(=O)c2ccc(-c3cccc(C(F)(F)F)c3)cc2)c1. The standard InChI is InChI=1S/C32H27F3N2O6S/c1-42-30(38)20-43-26-10-4-6-21(16-26)19-36-31(39)29-18-24-7-2-3-11-28(24)37(29)44(40,41)27-14-12-22(13-15-27)23-8-5-9-25(17-23)32(33,34)35/h2-17,29H,18-20H2,1H3,(H,36,39)/t29-/m0/s1. The highest BCUT2D eigenvalue weighted by atomic mass is 32.2.